The summed E-state index contributed by atoms with van der Waals surface area (Å²) in [5.41, 5.74) is 3.09. The number of benzene rings is 2. The van der Waals surface area contributed by atoms with Crippen molar-refractivity contribution in [1.29, 1.82) is 0 Å². The Bertz CT molecular complexity index is 1030. The van der Waals surface area contributed by atoms with E-state index in [0.717, 1.165) is 17.5 Å². The van der Waals surface area contributed by atoms with Gasteiger partial charge < -0.3 is 18.9 Å². The Hall–Kier alpha value is -3.35. The second-order valence-corrected chi connectivity index (χ2v) is 7.36. The van der Waals surface area contributed by atoms with Crippen molar-refractivity contribution >= 4 is 5.91 Å². The van der Waals surface area contributed by atoms with Crippen molar-refractivity contribution in [3.05, 3.63) is 59.5 Å². The third-order valence-corrected chi connectivity index (χ3v) is 5.48. The van der Waals surface area contributed by atoms with Crippen LogP contribution in [-0.4, -0.2) is 41.7 Å². The van der Waals surface area contributed by atoms with Crippen LogP contribution in [0.1, 0.15) is 36.3 Å². The summed E-state index contributed by atoms with van der Waals surface area (Å²) in [6.07, 6.45) is 1.34. The second-order valence-electron chi connectivity index (χ2n) is 7.36. The largest absolute Gasteiger partial charge is 0.497 e. The van der Waals surface area contributed by atoms with E-state index >= 15 is 0 Å². The Morgan fingerprint density at radius 3 is 2.63 bits per heavy atom. The van der Waals surface area contributed by atoms with Crippen molar-refractivity contribution in [3.63, 3.8) is 0 Å². The van der Waals surface area contributed by atoms with Gasteiger partial charge in [-0.2, -0.15) is 4.98 Å². The van der Waals surface area contributed by atoms with Gasteiger partial charge >= 0.3 is 0 Å². The van der Waals surface area contributed by atoms with Crippen LogP contribution < -0.4 is 9.47 Å². The number of methoxy groups -OCH3 is 2. The van der Waals surface area contributed by atoms with Crippen molar-refractivity contribution in [2.45, 2.75) is 32.2 Å². The van der Waals surface area contributed by atoms with Crippen molar-refractivity contribution in [1.82, 2.24) is 15.0 Å². The van der Waals surface area contributed by atoms with Crippen molar-refractivity contribution in [3.8, 4) is 22.9 Å². The van der Waals surface area contributed by atoms with Crippen LogP contribution in [-0.2, 0) is 17.8 Å². The summed E-state index contributed by atoms with van der Waals surface area (Å²) in [4.78, 5) is 19.0. The Kier molecular flexibility index (Phi) is 5.70. The van der Waals surface area contributed by atoms with E-state index in [1.807, 2.05) is 30.3 Å². The summed E-state index contributed by atoms with van der Waals surface area (Å²) in [5.74, 6) is 2.41. The predicted molar refractivity (Wildman–Crippen MR) is 111 cm³/mol. The van der Waals surface area contributed by atoms with E-state index in [-0.39, 0.29) is 11.8 Å². The Balaban J connectivity index is 1.47. The molecule has 1 aliphatic heterocycles. The van der Waals surface area contributed by atoms with E-state index in [4.69, 9.17) is 14.0 Å². The SMILES string of the molecule is CCc1ccc(-c2noc(C3CC(=O)N(Cc4ccc(OC)cc4OC)C3)n2)cc1. The number of aryl methyl sites for hydroxylation is 1. The lowest BCUT2D eigenvalue weighted by Gasteiger charge is -2.18. The fourth-order valence-electron chi connectivity index (χ4n) is 3.69. The molecule has 0 aliphatic carbocycles. The molecule has 156 valence electrons. The first-order chi connectivity index (χ1) is 14.6. The number of amides is 1. The summed E-state index contributed by atoms with van der Waals surface area (Å²) in [6, 6.07) is 13.7. The van der Waals surface area contributed by atoms with Gasteiger partial charge in [0.05, 0.1) is 20.1 Å². The standard InChI is InChI=1S/C23H25N3O4/c1-4-15-5-7-16(8-6-15)22-24-23(30-25-22)18-11-21(27)26(14-18)13-17-9-10-19(28-2)12-20(17)29-3/h5-10,12,18H,4,11,13-14H2,1-3H3. The third kappa shape index (κ3) is 4.01. The molecule has 4 rings (SSSR count). The molecule has 7 heteroatoms. The summed E-state index contributed by atoms with van der Waals surface area (Å²) in [7, 11) is 3.22. The average Bonchev–Trinajstić information content (AvgIpc) is 3.41. The monoisotopic (exact) mass is 407 g/mol. The molecule has 0 radical (unpaired) electrons. The third-order valence-electron chi connectivity index (χ3n) is 5.48. The minimum atomic E-state index is -0.113. The molecule has 1 fully saturated rings. The van der Waals surface area contributed by atoms with Crippen LogP contribution in [0.15, 0.2) is 47.0 Å². The maximum atomic E-state index is 12.6. The molecule has 0 saturated carbocycles. The smallest absolute Gasteiger partial charge is 0.232 e. The number of hydrogen-bond acceptors (Lipinski definition) is 6. The fraction of sp³-hybridized carbons (Fsp3) is 0.348. The van der Waals surface area contributed by atoms with E-state index in [2.05, 4.69) is 29.2 Å². The van der Waals surface area contributed by atoms with Gasteiger partial charge in [0.1, 0.15) is 11.5 Å². The molecule has 30 heavy (non-hydrogen) atoms. The van der Waals surface area contributed by atoms with Gasteiger partial charge in [-0.25, -0.2) is 0 Å². The number of hydrogen-bond donors (Lipinski definition) is 0. The topological polar surface area (TPSA) is 77.7 Å². The molecular formula is C23H25N3O4. The summed E-state index contributed by atoms with van der Waals surface area (Å²) in [6.45, 7) is 3.11. The van der Waals surface area contributed by atoms with E-state index in [1.54, 1.807) is 19.1 Å². The first-order valence-corrected chi connectivity index (χ1v) is 10.0. The normalized spacial score (nSPS) is 16.2. The van der Waals surface area contributed by atoms with Crippen LogP contribution in [0.3, 0.4) is 0 Å². The highest BCUT2D eigenvalue weighted by atomic mass is 16.5. The molecule has 1 saturated heterocycles. The van der Waals surface area contributed by atoms with E-state index < -0.39 is 0 Å². The van der Waals surface area contributed by atoms with Gasteiger partial charge in [0.2, 0.25) is 17.6 Å². The second kappa shape index (κ2) is 8.57. The number of nitrogens with zero attached hydrogens (tertiary/aromatic N) is 3. The maximum Gasteiger partial charge on any atom is 0.232 e. The molecular weight excluding hydrogens is 382 g/mol. The van der Waals surface area contributed by atoms with Gasteiger partial charge in [-0.05, 0) is 24.1 Å². The van der Waals surface area contributed by atoms with Crippen LogP contribution in [0.2, 0.25) is 0 Å². The van der Waals surface area contributed by atoms with Crippen molar-refractivity contribution < 1.29 is 18.8 Å². The zero-order valence-electron chi connectivity index (χ0n) is 17.4. The highest BCUT2D eigenvalue weighted by Gasteiger charge is 2.34. The zero-order chi connectivity index (χ0) is 21.1. The highest BCUT2D eigenvalue weighted by molar-refractivity contribution is 5.79. The molecule has 0 spiro atoms. The first kappa shape index (κ1) is 19.9. The van der Waals surface area contributed by atoms with E-state index in [1.165, 1.54) is 5.56 Å². The Morgan fingerprint density at radius 1 is 1.13 bits per heavy atom. The van der Waals surface area contributed by atoms with Crippen LogP contribution in [0.5, 0.6) is 11.5 Å². The number of rotatable bonds is 7. The molecule has 1 aromatic heterocycles. The minimum Gasteiger partial charge on any atom is -0.497 e. The molecule has 0 N–H and O–H groups in total. The number of carbonyl (C=O) groups is 1. The van der Waals surface area contributed by atoms with Crippen molar-refractivity contribution in [2.75, 3.05) is 20.8 Å². The van der Waals surface area contributed by atoms with Gasteiger partial charge in [-0.1, -0.05) is 36.3 Å². The molecule has 7 nitrogen and oxygen atoms in total. The quantitative estimate of drug-likeness (QED) is 0.592. The van der Waals surface area contributed by atoms with E-state index in [0.29, 0.717) is 42.7 Å². The van der Waals surface area contributed by atoms with Gasteiger partial charge in [0, 0.05) is 36.7 Å². The lowest BCUT2D eigenvalue weighted by atomic mass is 10.1. The zero-order valence-corrected chi connectivity index (χ0v) is 17.4. The molecule has 3 aromatic rings. The van der Waals surface area contributed by atoms with Gasteiger partial charge in [-0.15, -0.1) is 0 Å². The summed E-state index contributed by atoms with van der Waals surface area (Å²) < 4.78 is 16.2. The molecule has 1 atom stereocenters. The molecule has 1 unspecified atom stereocenters. The number of ether oxygens (including phenoxy) is 2. The van der Waals surface area contributed by atoms with Crippen LogP contribution in [0.25, 0.3) is 11.4 Å². The van der Waals surface area contributed by atoms with Gasteiger partial charge in [-0.3, -0.25) is 4.79 Å². The predicted octanol–water partition coefficient (Wildman–Crippen LogP) is 3.83. The summed E-state index contributed by atoms with van der Waals surface area (Å²) in [5, 5.41) is 4.12. The summed E-state index contributed by atoms with van der Waals surface area (Å²) >= 11 is 0. The average molecular weight is 407 g/mol. The Morgan fingerprint density at radius 2 is 1.93 bits per heavy atom. The van der Waals surface area contributed by atoms with Gasteiger partial charge in [0.25, 0.3) is 0 Å². The first-order valence-electron chi connectivity index (χ1n) is 10.0. The van der Waals surface area contributed by atoms with Crippen LogP contribution >= 0.6 is 0 Å². The number of carbonyl (C=O) groups excluding carboxylic acids is 1. The number of likely N-dealkylation sites (tertiary alicyclic amines) is 1. The minimum absolute atomic E-state index is 0.0601. The molecule has 2 heterocycles. The maximum absolute atomic E-state index is 12.6. The van der Waals surface area contributed by atoms with Crippen molar-refractivity contribution in [2.24, 2.45) is 0 Å². The molecule has 1 aliphatic rings. The van der Waals surface area contributed by atoms with Crippen LogP contribution in [0.4, 0.5) is 0 Å². The molecule has 1 amide bonds. The van der Waals surface area contributed by atoms with Crippen LogP contribution in [0, 0.1) is 0 Å². The lowest BCUT2D eigenvalue weighted by molar-refractivity contribution is -0.128. The fourth-order valence-corrected chi connectivity index (χ4v) is 3.69. The van der Waals surface area contributed by atoms with Gasteiger partial charge in [0.15, 0.2) is 0 Å². The highest BCUT2D eigenvalue weighted by Crippen LogP contribution is 2.32. The number of aromatic nitrogens is 2. The molecule has 0 bridgehead atoms. The lowest BCUT2D eigenvalue weighted by Crippen LogP contribution is -2.24. The molecule has 2 aromatic carbocycles. The Labute approximate surface area is 175 Å². The van der Waals surface area contributed by atoms with E-state index in [9.17, 15) is 4.79 Å².